The number of carbonyl (C=O) groups excluding carboxylic acids is 1. The van der Waals surface area contributed by atoms with Gasteiger partial charge in [-0.2, -0.15) is 0 Å². The van der Waals surface area contributed by atoms with Crippen molar-refractivity contribution in [1.29, 1.82) is 0 Å². The highest BCUT2D eigenvalue weighted by molar-refractivity contribution is 9.10. The van der Waals surface area contributed by atoms with Crippen molar-refractivity contribution in [2.24, 2.45) is 4.99 Å². The molecule has 2 heterocycles. The van der Waals surface area contributed by atoms with E-state index in [0.717, 1.165) is 12.0 Å². The number of halogens is 2. The molecule has 41 heavy (non-hydrogen) atoms. The molecule has 0 saturated heterocycles. The number of methoxy groups -OCH3 is 2. The summed E-state index contributed by atoms with van der Waals surface area (Å²) in [5.41, 5.74) is 2.05. The number of fused-ring (bicyclic) bond motifs is 1. The molecule has 0 spiro atoms. The first-order chi connectivity index (χ1) is 19.6. The van der Waals surface area contributed by atoms with Crippen molar-refractivity contribution in [1.82, 2.24) is 4.57 Å². The van der Waals surface area contributed by atoms with Crippen LogP contribution in [0.4, 0.5) is 0 Å². The SMILES string of the molecule is CCCC1=C(C(=O)OCC)[C@@H](c2ccc(OC)c(Br)c2)n2c(s/c(=C\c3cc(Cl)c(OC(C)C)c(OC)c3)c2=O)=N1. The fraction of sp³-hybridized carbons (Fsp3) is 0.367. The monoisotopic (exact) mass is 662 g/mol. The van der Waals surface area contributed by atoms with Gasteiger partial charge in [0.1, 0.15) is 5.75 Å². The van der Waals surface area contributed by atoms with Gasteiger partial charge in [0.2, 0.25) is 0 Å². The number of benzene rings is 2. The van der Waals surface area contributed by atoms with E-state index in [0.29, 0.717) is 59.3 Å². The first-order valence-corrected chi connectivity index (χ1v) is 15.2. The molecule has 1 aliphatic heterocycles. The first-order valence-electron chi connectivity index (χ1n) is 13.2. The van der Waals surface area contributed by atoms with E-state index < -0.39 is 12.0 Å². The van der Waals surface area contributed by atoms with E-state index in [1.165, 1.54) is 18.4 Å². The number of ether oxygens (including phenoxy) is 4. The van der Waals surface area contributed by atoms with E-state index in [9.17, 15) is 9.59 Å². The smallest absolute Gasteiger partial charge is 0.338 e. The summed E-state index contributed by atoms with van der Waals surface area (Å²) in [7, 11) is 3.12. The van der Waals surface area contributed by atoms with Crippen LogP contribution in [0.2, 0.25) is 5.02 Å². The minimum Gasteiger partial charge on any atom is -0.496 e. The van der Waals surface area contributed by atoms with Crippen LogP contribution in [-0.2, 0) is 9.53 Å². The van der Waals surface area contributed by atoms with Gasteiger partial charge in [0.25, 0.3) is 5.56 Å². The van der Waals surface area contributed by atoms with Crippen molar-refractivity contribution >= 4 is 50.9 Å². The van der Waals surface area contributed by atoms with Gasteiger partial charge < -0.3 is 18.9 Å². The summed E-state index contributed by atoms with van der Waals surface area (Å²) in [5.74, 6) is 1.03. The van der Waals surface area contributed by atoms with Crippen molar-refractivity contribution < 1.29 is 23.7 Å². The molecular formula is C30H32BrClN2O6S. The molecule has 3 aromatic rings. The Kier molecular flexibility index (Phi) is 9.99. The van der Waals surface area contributed by atoms with Gasteiger partial charge in [0, 0.05) is 0 Å². The molecule has 1 atom stereocenters. The predicted octanol–water partition coefficient (Wildman–Crippen LogP) is 5.80. The zero-order chi connectivity index (χ0) is 29.8. The van der Waals surface area contributed by atoms with E-state index in [-0.39, 0.29) is 18.3 Å². The maximum atomic E-state index is 14.0. The maximum absolute atomic E-state index is 14.0. The predicted molar refractivity (Wildman–Crippen MR) is 164 cm³/mol. The number of aromatic nitrogens is 1. The second kappa shape index (κ2) is 13.3. The van der Waals surface area contributed by atoms with Gasteiger partial charge in [-0.15, -0.1) is 0 Å². The van der Waals surface area contributed by atoms with Gasteiger partial charge in [-0.1, -0.05) is 42.3 Å². The van der Waals surface area contributed by atoms with E-state index in [1.54, 1.807) is 42.9 Å². The lowest BCUT2D eigenvalue weighted by atomic mass is 9.94. The minimum absolute atomic E-state index is 0.0974. The summed E-state index contributed by atoms with van der Waals surface area (Å²) in [6, 6.07) is 8.25. The number of hydrogen-bond acceptors (Lipinski definition) is 8. The average Bonchev–Trinajstić information content (AvgIpc) is 3.23. The molecule has 0 N–H and O–H groups in total. The van der Waals surface area contributed by atoms with E-state index in [2.05, 4.69) is 15.9 Å². The molecule has 1 aliphatic rings. The largest absolute Gasteiger partial charge is 0.496 e. The maximum Gasteiger partial charge on any atom is 0.338 e. The van der Waals surface area contributed by atoms with Gasteiger partial charge in [0.15, 0.2) is 16.3 Å². The molecular weight excluding hydrogens is 632 g/mol. The molecule has 4 rings (SSSR count). The molecule has 0 radical (unpaired) electrons. The number of thiazole rings is 1. The molecule has 0 aliphatic carbocycles. The number of allylic oxidation sites excluding steroid dienone is 1. The summed E-state index contributed by atoms with van der Waals surface area (Å²) in [6.07, 6.45) is 2.96. The van der Waals surface area contributed by atoms with Crippen molar-refractivity contribution in [2.45, 2.75) is 52.7 Å². The highest BCUT2D eigenvalue weighted by Crippen LogP contribution is 2.38. The van der Waals surface area contributed by atoms with Crippen LogP contribution in [0.5, 0.6) is 17.2 Å². The number of carbonyl (C=O) groups is 1. The summed E-state index contributed by atoms with van der Waals surface area (Å²) in [4.78, 5) is 32.7. The molecule has 0 amide bonds. The number of nitrogens with zero attached hydrogens (tertiary/aromatic N) is 2. The normalized spacial score (nSPS) is 15.0. The molecule has 0 bridgehead atoms. The Balaban J connectivity index is 1.97. The van der Waals surface area contributed by atoms with Gasteiger partial charge in [-0.25, -0.2) is 9.79 Å². The quantitative estimate of drug-likeness (QED) is 0.255. The zero-order valence-electron chi connectivity index (χ0n) is 23.7. The van der Waals surface area contributed by atoms with Crippen LogP contribution in [0.3, 0.4) is 0 Å². The van der Waals surface area contributed by atoms with Crippen molar-refractivity contribution in [3.8, 4) is 17.2 Å². The summed E-state index contributed by atoms with van der Waals surface area (Å²) < 4.78 is 24.9. The van der Waals surface area contributed by atoms with Gasteiger partial charge in [-0.05, 0) is 84.6 Å². The lowest BCUT2D eigenvalue weighted by molar-refractivity contribution is -0.139. The first kappa shape index (κ1) is 30.9. The lowest BCUT2D eigenvalue weighted by Crippen LogP contribution is -2.40. The van der Waals surface area contributed by atoms with Gasteiger partial charge in [0.05, 0.1) is 58.3 Å². The van der Waals surface area contributed by atoms with Crippen LogP contribution < -0.4 is 29.1 Å². The van der Waals surface area contributed by atoms with Crippen LogP contribution >= 0.6 is 38.9 Å². The zero-order valence-corrected chi connectivity index (χ0v) is 26.9. The van der Waals surface area contributed by atoms with Crippen LogP contribution in [0, 0.1) is 0 Å². The molecule has 0 saturated carbocycles. The third-order valence-electron chi connectivity index (χ3n) is 6.29. The average molecular weight is 664 g/mol. The Morgan fingerprint density at radius 3 is 2.51 bits per heavy atom. The van der Waals surface area contributed by atoms with Crippen LogP contribution in [0.15, 0.2) is 55.9 Å². The summed E-state index contributed by atoms with van der Waals surface area (Å²) in [6.45, 7) is 7.77. The van der Waals surface area contributed by atoms with E-state index >= 15 is 0 Å². The number of rotatable bonds is 10. The Morgan fingerprint density at radius 2 is 1.90 bits per heavy atom. The summed E-state index contributed by atoms with van der Waals surface area (Å²) >= 11 is 11.3. The molecule has 0 fully saturated rings. The highest BCUT2D eigenvalue weighted by atomic mass is 79.9. The fourth-order valence-electron chi connectivity index (χ4n) is 4.61. The minimum atomic E-state index is -0.740. The van der Waals surface area contributed by atoms with Gasteiger partial charge >= 0.3 is 5.97 Å². The van der Waals surface area contributed by atoms with Crippen LogP contribution in [-0.4, -0.2) is 37.5 Å². The molecule has 1 aromatic heterocycles. The second-order valence-electron chi connectivity index (χ2n) is 9.51. The molecule has 8 nitrogen and oxygen atoms in total. The Hall–Kier alpha value is -3.08. The van der Waals surface area contributed by atoms with E-state index in [1.807, 2.05) is 32.9 Å². The van der Waals surface area contributed by atoms with Crippen LogP contribution in [0.25, 0.3) is 6.08 Å². The van der Waals surface area contributed by atoms with Crippen molar-refractivity contribution in [3.05, 3.63) is 81.9 Å². The van der Waals surface area contributed by atoms with Crippen LogP contribution in [0.1, 0.15) is 57.7 Å². The van der Waals surface area contributed by atoms with Crippen molar-refractivity contribution in [3.63, 3.8) is 0 Å². The third-order valence-corrected chi connectivity index (χ3v) is 8.17. The number of hydrogen-bond donors (Lipinski definition) is 0. The molecule has 2 aromatic carbocycles. The molecule has 218 valence electrons. The molecule has 0 unspecified atom stereocenters. The Bertz CT molecular complexity index is 1680. The Labute approximate surface area is 256 Å². The number of esters is 1. The Morgan fingerprint density at radius 1 is 1.17 bits per heavy atom. The standard InChI is InChI=1S/C30H32BrClN2O6S/c1-7-9-21-25(29(36)39-8-2)26(18-10-11-22(37-5)19(31)15-18)34-28(35)24(41-30(34)33-21)14-17-12-20(32)27(40-16(3)4)23(13-17)38-6/h10-16,26H,7-9H2,1-6H3/b24-14-/t26-/m1/s1. The fourth-order valence-corrected chi connectivity index (χ4v) is 6.46. The topological polar surface area (TPSA) is 88.4 Å². The summed E-state index contributed by atoms with van der Waals surface area (Å²) in [5, 5.41) is 0.368. The van der Waals surface area contributed by atoms with Gasteiger partial charge in [-0.3, -0.25) is 9.36 Å². The highest BCUT2D eigenvalue weighted by Gasteiger charge is 2.34. The van der Waals surface area contributed by atoms with E-state index in [4.69, 9.17) is 35.5 Å². The second-order valence-corrected chi connectivity index (χ2v) is 11.8. The molecule has 11 heteroatoms. The van der Waals surface area contributed by atoms with Crippen molar-refractivity contribution in [2.75, 3.05) is 20.8 Å². The lowest BCUT2D eigenvalue weighted by Gasteiger charge is -2.26. The third kappa shape index (κ3) is 6.39.